The van der Waals surface area contributed by atoms with E-state index in [4.69, 9.17) is 18.0 Å². The second-order valence-corrected chi connectivity index (χ2v) is 5.58. The maximum Gasteiger partial charge on any atom is 0.253 e. The number of nitrogens with zero attached hydrogens (tertiary/aromatic N) is 1. The molecular weight excluding hydrogens is 258 g/mol. The van der Waals surface area contributed by atoms with Gasteiger partial charge in [-0.3, -0.25) is 9.78 Å². The number of thiocarbonyl (C=S) groups is 1. The van der Waals surface area contributed by atoms with Crippen molar-refractivity contribution in [3.63, 3.8) is 0 Å². The number of rotatable bonds is 3. The molecule has 2 rings (SSSR count). The minimum atomic E-state index is -0.0850. The molecule has 102 valence electrons. The van der Waals surface area contributed by atoms with Crippen molar-refractivity contribution < 1.29 is 4.79 Å². The first-order valence-corrected chi connectivity index (χ1v) is 6.94. The van der Waals surface area contributed by atoms with Crippen molar-refractivity contribution in [2.24, 2.45) is 11.7 Å². The summed E-state index contributed by atoms with van der Waals surface area (Å²) in [6.07, 6.45) is 2.95. The summed E-state index contributed by atoms with van der Waals surface area (Å²) in [6, 6.07) is 3.73. The van der Waals surface area contributed by atoms with E-state index in [-0.39, 0.29) is 17.9 Å². The molecule has 1 amide bonds. The number of hydrogen-bond donors (Lipinski definition) is 2. The Balaban J connectivity index is 2.10. The number of aryl methyl sites for hydroxylation is 2. The van der Waals surface area contributed by atoms with Crippen LogP contribution in [0.1, 0.15) is 41.0 Å². The molecule has 1 aromatic rings. The summed E-state index contributed by atoms with van der Waals surface area (Å²) in [6.45, 7) is 3.76. The SMILES string of the molecule is Cc1ccc(C(=O)NC2CCCC2C(N)=S)c(C)n1. The van der Waals surface area contributed by atoms with Gasteiger partial charge in [0, 0.05) is 17.7 Å². The molecule has 5 heteroatoms. The second-order valence-electron chi connectivity index (χ2n) is 5.11. The molecule has 0 spiro atoms. The van der Waals surface area contributed by atoms with Crippen molar-refractivity contribution in [2.75, 3.05) is 0 Å². The van der Waals surface area contributed by atoms with Crippen molar-refractivity contribution in [3.8, 4) is 0 Å². The normalized spacial score (nSPS) is 22.2. The van der Waals surface area contributed by atoms with Gasteiger partial charge in [-0.1, -0.05) is 18.6 Å². The van der Waals surface area contributed by atoms with Gasteiger partial charge in [-0.25, -0.2) is 0 Å². The first-order valence-electron chi connectivity index (χ1n) is 6.53. The fourth-order valence-electron chi connectivity index (χ4n) is 2.65. The van der Waals surface area contributed by atoms with E-state index in [0.717, 1.165) is 30.7 Å². The molecular formula is C14H19N3OS. The first-order chi connectivity index (χ1) is 8.99. The highest BCUT2D eigenvalue weighted by atomic mass is 32.1. The summed E-state index contributed by atoms with van der Waals surface area (Å²) in [7, 11) is 0. The third-order valence-electron chi connectivity index (χ3n) is 3.67. The number of amides is 1. The molecule has 0 bridgehead atoms. The van der Waals surface area contributed by atoms with E-state index in [0.29, 0.717) is 10.6 Å². The topological polar surface area (TPSA) is 68.0 Å². The number of hydrogen-bond acceptors (Lipinski definition) is 3. The molecule has 1 saturated carbocycles. The number of aromatic nitrogens is 1. The fourth-order valence-corrected chi connectivity index (χ4v) is 2.93. The average molecular weight is 277 g/mol. The van der Waals surface area contributed by atoms with Crippen LogP contribution in [-0.4, -0.2) is 21.9 Å². The minimum Gasteiger partial charge on any atom is -0.393 e. The van der Waals surface area contributed by atoms with Crippen molar-refractivity contribution in [1.29, 1.82) is 0 Å². The summed E-state index contributed by atoms with van der Waals surface area (Å²) in [5, 5.41) is 3.04. The smallest absolute Gasteiger partial charge is 0.253 e. The predicted octanol–water partition coefficient (Wildman–Crippen LogP) is 1.88. The van der Waals surface area contributed by atoms with Gasteiger partial charge in [0.15, 0.2) is 0 Å². The van der Waals surface area contributed by atoms with Gasteiger partial charge in [0.25, 0.3) is 5.91 Å². The maximum absolute atomic E-state index is 12.3. The highest BCUT2D eigenvalue weighted by Gasteiger charge is 2.30. The van der Waals surface area contributed by atoms with Gasteiger partial charge in [0.2, 0.25) is 0 Å². The van der Waals surface area contributed by atoms with Crippen molar-refractivity contribution in [2.45, 2.75) is 39.2 Å². The lowest BCUT2D eigenvalue weighted by Crippen LogP contribution is -2.42. The van der Waals surface area contributed by atoms with E-state index in [9.17, 15) is 4.79 Å². The van der Waals surface area contributed by atoms with Gasteiger partial charge in [0.05, 0.1) is 16.2 Å². The molecule has 2 atom stereocenters. The van der Waals surface area contributed by atoms with Crippen molar-refractivity contribution >= 4 is 23.1 Å². The van der Waals surface area contributed by atoms with Crippen LogP contribution in [0.15, 0.2) is 12.1 Å². The largest absolute Gasteiger partial charge is 0.393 e. The molecule has 1 heterocycles. The van der Waals surface area contributed by atoms with E-state index < -0.39 is 0 Å². The Morgan fingerprint density at radius 2 is 2.16 bits per heavy atom. The van der Waals surface area contributed by atoms with Crippen molar-refractivity contribution in [1.82, 2.24) is 10.3 Å². The molecule has 1 aliphatic rings. The van der Waals surface area contributed by atoms with Gasteiger partial charge < -0.3 is 11.1 Å². The lowest BCUT2D eigenvalue weighted by atomic mass is 10.0. The zero-order valence-electron chi connectivity index (χ0n) is 11.3. The molecule has 0 radical (unpaired) electrons. The molecule has 4 nitrogen and oxygen atoms in total. The average Bonchev–Trinajstić information content (AvgIpc) is 2.76. The summed E-state index contributed by atoms with van der Waals surface area (Å²) in [5.74, 6) is 0.0378. The molecule has 1 fully saturated rings. The third-order valence-corrected chi connectivity index (χ3v) is 3.97. The van der Waals surface area contributed by atoms with Crippen LogP contribution < -0.4 is 11.1 Å². The van der Waals surface area contributed by atoms with Crippen LogP contribution in [0.25, 0.3) is 0 Å². The Morgan fingerprint density at radius 1 is 1.42 bits per heavy atom. The predicted molar refractivity (Wildman–Crippen MR) is 79.1 cm³/mol. The number of nitrogens with two attached hydrogens (primary N) is 1. The van der Waals surface area contributed by atoms with Crippen molar-refractivity contribution in [3.05, 3.63) is 29.1 Å². The number of carbonyl (C=O) groups is 1. The maximum atomic E-state index is 12.3. The zero-order chi connectivity index (χ0) is 14.0. The lowest BCUT2D eigenvalue weighted by Gasteiger charge is -2.20. The van der Waals surface area contributed by atoms with Gasteiger partial charge in [-0.15, -0.1) is 0 Å². The molecule has 0 aromatic carbocycles. The van der Waals surface area contributed by atoms with Gasteiger partial charge >= 0.3 is 0 Å². The van der Waals surface area contributed by atoms with Gasteiger partial charge in [0.1, 0.15) is 0 Å². The van der Waals surface area contributed by atoms with Crippen LogP contribution in [0.4, 0.5) is 0 Å². The second kappa shape index (κ2) is 5.65. The monoisotopic (exact) mass is 277 g/mol. The first kappa shape index (κ1) is 13.9. The molecule has 2 unspecified atom stereocenters. The summed E-state index contributed by atoms with van der Waals surface area (Å²) in [5.41, 5.74) is 8.01. The van der Waals surface area contributed by atoms with E-state index in [1.807, 2.05) is 26.0 Å². The van der Waals surface area contributed by atoms with E-state index in [1.165, 1.54) is 0 Å². The van der Waals surface area contributed by atoms with Crippen LogP contribution >= 0.6 is 12.2 Å². The quantitative estimate of drug-likeness (QED) is 0.828. The molecule has 1 aliphatic carbocycles. The van der Waals surface area contributed by atoms with Crippen LogP contribution in [0.3, 0.4) is 0 Å². The van der Waals surface area contributed by atoms with Crippen LogP contribution in [-0.2, 0) is 0 Å². The summed E-state index contributed by atoms with van der Waals surface area (Å²) >= 11 is 5.06. The molecule has 19 heavy (non-hydrogen) atoms. The molecule has 0 aliphatic heterocycles. The number of carbonyl (C=O) groups excluding carboxylic acids is 1. The Morgan fingerprint density at radius 3 is 2.79 bits per heavy atom. The fraction of sp³-hybridized carbons (Fsp3) is 0.500. The number of nitrogens with one attached hydrogen (secondary N) is 1. The van der Waals surface area contributed by atoms with Crippen LogP contribution in [0, 0.1) is 19.8 Å². The Labute approximate surface area is 118 Å². The van der Waals surface area contributed by atoms with E-state index >= 15 is 0 Å². The standard InChI is InChI=1S/C14H19N3OS/c1-8-6-7-10(9(2)16-8)14(18)17-12-5-3-4-11(12)13(15)19/h6-7,11-12H,3-5H2,1-2H3,(H2,15,19)(H,17,18). The summed E-state index contributed by atoms with van der Waals surface area (Å²) < 4.78 is 0. The Kier molecular flexibility index (Phi) is 4.14. The van der Waals surface area contributed by atoms with E-state index in [1.54, 1.807) is 0 Å². The number of pyridine rings is 1. The minimum absolute atomic E-state index is 0.0608. The molecule has 1 aromatic heterocycles. The van der Waals surface area contributed by atoms with Crippen LogP contribution in [0.5, 0.6) is 0 Å². The highest BCUT2D eigenvalue weighted by molar-refractivity contribution is 7.80. The molecule has 3 N–H and O–H groups in total. The highest BCUT2D eigenvalue weighted by Crippen LogP contribution is 2.26. The lowest BCUT2D eigenvalue weighted by molar-refractivity contribution is 0.0932. The van der Waals surface area contributed by atoms with Gasteiger partial charge in [-0.2, -0.15) is 0 Å². The third kappa shape index (κ3) is 3.10. The Hall–Kier alpha value is -1.49. The molecule has 0 saturated heterocycles. The van der Waals surface area contributed by atoms with E-state index in [2.05, 4.69) is 10.3 Å². The Bertz CT molecular complexity index is 515. The zero-order valence-corrected chi connectivity index (χ0v) is 12.1. The van der Waals surface area contributed by atoms with Gasteiger partial charge in [-0.05, 0) is 38.8 Å². The van der Waals surface area contributed by atoms with Crippen LogP contribution in [0.2, 0.25) is 0 Å². The summed E-state index contributed by atoms with van der Waals surface area (Å²) in [4.78, 5) is 17.1.